The van der Waals surface area contributed by atoms with E-state index in [4.69, 9.17) is 4.74 Å². The number of likely N-dealkylation sites (N-methyl/N-ethyl adjacent to an activating group) is 1. The molecule has 0 aliphatic heterocycles. The predicted octanol–water partition coefficient (Wildman–Crippen LogP) is 1.63. The fourth-order valence-corrected chi connectivity index (χ4v) is 1.14. The van der Waals surface area contributed by atoms with Gasteiger partial charge in [0.15, 0.2) is 0 Å². The van der Waals surface area contributed by atoms with Gasteiger partial charge in [0.1, 0.15) is 11.5 Å². The van der Waals surface area contributed by atoms with E-state index in [1.165, 1.54) is 0 Å². The number of phenols is 1. The van der Waals surface area contributed by atoms with Crippen LogP contribution in [0.3, 0.4) is 0 Å². The van der Waals surface area contributed by atoms with Gasteiger partial charge in [-0.25, -0.2) is 0 Å². The van der Waals surface area contributed by atoms with Crippen LogP contribution in [0.5, 0.6) is 11.5 Å². The minimum atomic E-state index is 0.215. The third kappa shape index (κ3) is 2.78. The van der Waals surface area contributed by atoms with E-state index >= 15 is 0 Å². The Morgan fingerprint density at radius 1 is 1.50 bits per heavy atom. The Labute approximate surface area is 84.0 Å². The molecule has 0 atom stereocenters. The summed E-state index contributed by atoms with van der Waals surface area (Å²) in [6, 6.07) is 5.06. The van der Waals surface area contributed by atoms with E-state index in [-0.39, 0.29) is 5.75 Å². The Morgan fingerprint density at radius 3 is 2.93 bits per heavy atom. The van der Waals surface area contributed by atoms with Crippen LogP contribution in [0.4, 0.5) is 0 Å². The monoisotopic (exact) mass is 193 g/mol. The highest BCUT2D eigenvalue weighted by molar-refractivity contribution is 5.59. The van der Waals surface area contributed by atoms with Crippen LogP contribution in [0.1, 0.15) is 5.56 Å². The molecule has 0 spiro atoms. The van der Waals surface area contributed by atoms with Crippen molar-refractivity contribution in [1.82, 2.24) is 5.32 Å². The molecule has 0 radical (unpaired) electrons. The standard InChI is InChI=1S/C11H15NO2/c1-12-7-3-4-9-5-6-10(13)8-11(9)14-2/h3-6,8,12-13H,7H2,1-2H3. The average Bonchev–Trinajstić information content (AvgIpc) is 2.20. The molecule has 0 unspecified atom stereocenters. The molecule has 0 aliphatic rings. The summed E-state index contributed by atoms with van der Waals surface area (Å²) in [6.45, 7) is 0.810. The first-order valence-corrected chi connectivity index (χ1v) is 4.46. The van der Waals surface area contributed by atoms with Crippen LogP contribution in [0.2, 0.25) is 0 Å². The van der Waals surface area contributed by atoms with Crippen molar-refractivity contribution in [3.8, 4) is 11.5 Å². The van der Waals surface area contributed by atoms with Crippen LogP contribution >= 0.6 is 0 Å². The molecule has 14 heavy (non-hydrogen) atoms. The van der Waals surface area contributed by atoms with Crippen molar-refractivity contribution < 1.29 is 9.84 Å². The molecule has 0 heterocycles. The second-order valence-electron chi connectivity index (χ2n) is 2.89. The maximum atomic E-state index is 9.22. The lowest BCUT2D eigenvalue weighted by Crippen LogP contribution is -2.03. The van der Waals surface area contributed by atoms with Crippen LogP contribution < -0.4 is 10.1 Å². The first kappa shape index (κ1) is 10.6. The first-order valence-electron chi connectivity index (χ1n) is 4.46. The van der Waals surface area contributed by atoms with E-state index in [2.05, 4.69) is 5.32 Å². The second kappa shape index (κ2) is 5.29. The van der Waals surface area contributed by atoms with Gasteiger partial charge in [-0.1, -0.05) is 12.2 Å². The number of hydrogen-bond donors (Lipinski definition) is 2. The molecule has 1 aromatic carbocycles. The van der Waals surface area contributed by atoms with E-state index in [0.717, 1.165) is 12.1 Å². The molecule has 3 nitrogen and oxygen atoms in total. The van der Waals surface area contributed by atoms with Gasteiger partial charge in [-0.15, -0.1) is 0 Å². The zero-order valence-electron chi connectivity index (χ0n) is 8.45. The number of ether oxygens (including phenoxy) is 1. The zero-order chi connectivity index (χ0) is 10.4. The average molecular weight is 193 g/mol. The Bertz CT molecular complexity index is 321. The Morgan fingerprint density at radius 2 is 2.29 bits per heavy atom. The molecule has 0 fully saturated rings. The third-order valence-corrected chi connectivity index (χ3v) is 1.84. The van der Waals surface area contributed by atoms with Crippen molar-refractivity contribution in [3.63, 3.8) is 0 Å². The molecular formula is C11H15NO2. The number of aromatic hydroxyl groups is 1. The minimum Gasteiger partial charge on any atom is -0.508 e. The number of methoxy groups -OCH3 is 1. The fourth-order valence-electron chi connectivity index (χ4n) is 1.14. The van der Waals surface area contributed by atoms with Crippen molar-refractivity contribution in [2.75, 3.05) is 20.7 Å². The number of hydrogen-bond acceptors (Lipinski definition) is 3. The van der Waals surface area contributed by atoms with Gasteiger partial charge in [0.25, 0.3) is 0 Å². The minimum absolute atomic E-state index is 0.215. The van der Waals surface area contributed by atoms with E-state index in [0.29, 0.717) is 5.75 Å². The molecule has 0 aromatic heterocycles. The second-order valence-corrected chi connectivity index (χ2v) is 2.89. The first-order chi connectivity index (χ1) is 6.77. The third-order valence-electron chi connectivity index (χ3n) is 1.84. The molecule has 1 aromatic rings. The Hall–Kier alpha value is -1.48. The summed E-state index contributed by atoms with van der Waals surface area (Å²) in [6.07, 6.45) is 3.95. The molecule has 0 saturated carbocycles. The maximum absolute atomic E-state index is 9.22. The van der Waals surface area contributed by atoms with Crippen molar-refractivity contribution in [1.29, 1.82) is 0 Å². The summed E-state index contributed by atoms with van der Waals surface area (Å²) in [5.74, 6) is 0.893. The highest BCUT2D eigenvalue weighted by Crippen LogP contribution is 2.24. The molecule has 0 aliphatic carbocycles. The van der Waals surface area contributed by atoms with Gasteiger partial charge in [-0.05, 0) is 19.2 Å². The Kier molecular flexibility index (Phi) is 4.01. The summed E-state index contributed by atoms with van der Waals surface area (Å²) in [5.41, 5.74) is 0.959. The van der Waals surface area contributed by atoms with E-state index in [1.54, 1.807) is 19.2 Å². The summed E-state index contributed by atoms with van der Waals surface area (Å²) in [5, 5.41) is 12.2. The molecule has 3 heteroatoms. The number of phenolic OH excluding ortho intramolecular Hbond substituents is 1. The van der Waals surface area contributed by atoms with Crippen LogP contribution in [0.15, 0.2) is 24.3 Å². The lowest BCUT2D eigenvalue weighted by molar-refractivity contribution is 0.407. The quantitative estimate of drug-likeness (QED) is 0.763. The van der Waals surface area contributed by atoms with Gasteiger partial charge in [0.05, 0.1) is 7.11 Å². The molecule has 76 valence electrons. The van der Waals surface area contributed by atoms with Crippen molar-refractivity contribution in [3.05, 3.63) is 29.8 Å². The highest BCUT2D eigenvalue weighted by Gasteiger charge is 1.99. The topological polar surface area (TPSA) is 41.5 Å². The SMILES string of the molecule is CNCC=Cc1ccc(O)cc1OC. The van der Waals surface area contributed by atoms with Crippen LogP contribution in [0.25, 0.3) is 6.08 Å². The van der Waals surface area contributed by atoms with Gasteiger partial charge >= 0.3 is 0 Å². The Balaban J connectivity index is 2.85. The van der Waals surface area contributed by atoms with Gasteiger partial charge < -0.3 is 15.2 Å². The lowest BCUT2D eigenvalue weighted by atomic mass is 10.2. The normalized spacial score (nSPS) is 10.7. The predicted molar refractivity (Wildman–Crippen MR) is 57.6 cm³/mol. The van der Waals surface area contributed by atoms with E-state index < -0.39 is 0 Å². The molecule has 0 bridgehead atoms. The smallest absolute Gasteiger partial charge is 0.129 e. The van der Waals surface area contributed by atoms with Crippen molar-refractivity contribution in [2.24, 2.45) is 0 Å². The largest absolute Gasteiger partial charge is 0.508 e. The number of benzene rings is 1. The van der Waals surface area contributed by atoms with Gasteiger partial charge in [0.2, 0.25) is 0 Å². The van der Waals surface area contributed by atoms with Gasteiger partial charge in [-0.3, -0.25) is 0 Å². The summed E-state index contributed by atoms with van der Waals surface area (Å²) in [7, 11) is 3.47. The summed E-state index contributed by atoms with van der Waals surface area (Å²) < 4.78 is 5.13. The maximum Gasteiger partial charge on any atom is 0.129 e. The number of rotatable bonds is 4. The van der Waals surface area contributed by atoms with E-state index in [1.807, 2.05) is 25.3 Å². The zero-order valence-corrected chi connectivity index (χ0v) is 8.45. The number of nitrogens with one attached hydrogen (secondary N) is 1. The fraction of sp³-hybridized carbons (Fsp3) is 0.273. The summed E-state index contributed by atoms with van der Waals surface area (Å²) >= 11 is 0. The highest BCUT2D eigenvalue weighted by atomic mass is 16.5. The summed E-state index contributed by atoms with van der Waals surface area (Å²) in [4.78, 5) is 0. The van der Waals surface area contributed by atoms with E-state index in [9.17, 15) is 5.11 Å². The van der Waals surface area contributed by atoms with Gasteiger partial charge in [-0.2, -0.15) is 0 Å². The van der Waals surface area contributed by atoms with Crippen molar-refractivity contribution in [2.45, 2.75) is 0 Å². The van der Waals surface area contributed by atoms with Crippen LogP contribution in [-0.4, -0.2) is 25.8 Å². The van der Waals surface area contributed by atoms with Crippen molar-refractivity contribution >= 4 is 6.08 Å². The van der Waals surface area contributed by atoms with Gasteiger partial charge in [0, 0.05) is 18.2 Å². The van der Waals surface area contributed by atoms with Crippen LogP contribution in [0, 0.1) is 0 Å². The molecule has 1 rings (SSSR count). The lowest BCUT2D eigenvalue weighted by Gasteiger charge is -2.04. The molecular weight excluding hydrogens is 178 g/mol. The van der Waals surface area contributed by atoms with Crippen LogP contribution in [-0.2, 0) is 0 Å². The molecule has 0 amide bonds. The molecule has 2 N–H and O–H groups in total. The molecule has 0 saturated heterocycles.